The zero-order chi connectivity index (χ0) is 24.8. The zero-order valence-corrected chi connectivity index (χ0v) is 19.6. The highest BCUT2D eigenvalue weighted by molar-refractivity contribution is 5.95. The van der Waals surface area contributed by atoms with Crippen molar-refractivity contribution in [1.29, 1.82) is 0 Å². The standard InChI is InChI=1S/C26H26FN5O3/c1-18-11-22(27)23(28-12-18)13-29-26(34)21-16-32(30-24(21)17-35-2)15-20-8-6-19(7-9-20)14-31-10-4-3-5-25(31)33/h3-12,16H,13-15,17H2,1-2H3,(H,29,34). The summed E-state index contributed by atoms with van der Waals surface area (Å²) in [6.07, 6.45) is 4.97. The molecule has 0 unspecified atom stereocenters. The van der Waals surface area contributed by atoms with E-state index in [0.717, 1.165) is 11.1 Å². The molecule has 0 aliphatic carbocycles. The van der Waals surface area contributed by atoms with Crippen LogP contribution in [-0.4, -0.2) is 32.3 Å². The molecule has 1 aromatic carbocycles. The van der Waals surface area contributed by atoms with Gasteiger partial charge >= 0.3 is 0 Å². The summed E-state index contributed by atoms with van der Waals surface area (Å²) in [6, 6.07) is 14.3. The van der Waals surface area contributed by atoms with Crippen molar-refractivity contribution in [2.75, 3.05) is 7.11 Å². The molecule has 0 spiro atoms. The summed E-state index contributed by atoms with van der Waals surface area (Å²) in [5.41, 5.74) is 3.66. The van der Waals surface area contributed by atoms with Gasteiger partial charge in [0.2, 0.25) is 0 Å². The van der Waals surface area contributed by atoms with Crippen LogP contribution in [0.2, 0.25) is 0 Å². The van der Waals surface area contributed by atoms with Gasteiger partial charge in [0.15, 0.2) is 0 Å². The van der Waals surface area contributed by atoms with Gasteiger partial charge in [0.05, 0.1) is 37.5 Å². The Morgan fingerprint density at radius 2 is 1.83 bits per heavy atom. The number of aromatic nitrogens is 4. The van der Waals surface area contributed by atoms with Crippen molar-refractivity contribution < 1.29 is 13.9 Å². The molecule has 35 heavy (non-hydrogen) atoms. The summed E-state index contributed by atoms with van der Waals surface area (Å²) < 4.78 is 22.6. The number of nitrogens with zero attached hydrogens (tertiary/aromatic N) is 4. The third-order valence-electron chi connectivity index (χ3n) is 5.45. The van der Waals surface area contributed by atoms with Gasteiger partial charge in [0.1, 0.15) is 11.5 Å². The fraction of sp³-hybridized carbons (Fsp3) is 0.231. The SMILES string of the molecule is COCc1nn(Cc2ccc(Cn3ccccc3=O)cc2)cc1C(=O)NCc1ncc(C)cc1F. The number of rotatable bonds is 9. The minimum absolute atomic E-state index is 0.0332. The normalized spacial score (nSPS) is 10.9. The number of pyridine rings is 2. The number of hydrogen-bond donors (Lipinski definition) is 1. The Morgan fingerprint density at radius 1 is 1.09 bits per heavy atom. The molecule has 0 saturated carbocycles. The Hall–Kier alpha value is -4.11. The maximum atomic E-state index is 14.1. The third kappa shape index (κ3) is 6.07. The van der Waals surface area contributed by atoms with Gasteiger partial charge in [0.25, 0.3) is 11.5 Å². The summed E-state index contributed by atoms with van der Waals surface area (Å²) in [7, 11) is 1.53. The van der Waals surface area contributed by atoms with E-state index in [-0.39, 0.29) is 30.3 Å². The first kappa shape index (κ1) is 24.0. The van der Waals surface area contributed by atoms with Gasteiger partial charge in [-0.2, -0.15) is 5.10 Å². The maximum Gasteiger partial charge on any atom is 0.255 e. The Morgan fingerprint density at radius 3 is 2.51 bits per heavy atom. The second kappa shape index (κ2) is 10.9. The van der Waals surface area contributed by atoms with E-state index in [4.69, 9.17) is 4.74 Å². The largest absolute Gasteiger partial charge is 0.378 e. The molecule has 0 aliphatic rings. The van der Waals surface area contributed by atoms with Crippen molar-refractivity contribution in [2.45, 2.75) is 33.2 Å². The summed E-state index contributed by atoms with van der Waals surface area (Å²) in [4.78, 5) is 28.8. The average molecular weight is 476 g/mol. The van der Waals surface area contributed by atoms with E-state index in [9.17, 15) is 14.0 Å². The number of hydrogen-bond acceptors (Lipinski definition) is 5. The zero-order valence-electron chi connectivity index (χ0n) is 19.6. The van der Waals surface area contributed by atoms with Crippen molar-refractivity contribution in [1.82, 2.24) is 24.6 Å². The third-order valence-corrected chi connectivity index (χ3v) is 5.45. The second-order valence-corrected chi connectivity index (χ2v) is 8.23. The Labute approximate surface area is 202 Å². The molecule has 0 fully saturated rings. The lowest BCUT2D eigenvalue weighted by Crippen LogP contribution is -2.24. The van der Waals surface area contributed by atoms with Crippen molar-refractivity contribution in [3.8, 4) is 0 Å². The topological polar surface area (TPSA) is 91.0 Å². The average Bonchev–Trinajstić information content (AvgIpc) is 3.23. The molecule has 4 aromatic rings. The molecule has 8 nitrogen and oxygen atoms in total. The molecule has 0 saturated heterocycles. The number of halogens is 1. The molecule has 180 valence electrons. The molecule has 0 radical (unpaired) electrons. The Bertz CT molecular complexity index is 1380. The minimum Gasteiger partial charge on any atom is -0.378 e. The molecular formula is C26H26FN5O3. The van der Waals surface area contributed by atoms with Crippen LogP contribution in [0.5, 0.6) is 0 Å². The number of methoxy groups -OCH3 is 1. The first-order chi connectivity index (χ1) is 16.9. The fourth-order valence-corrected chi connectivity index (χ4v) is 3.65. The second-order valence-electron chi connectivity index (χ2n) is 8.23. The number of nitrogens with one attached hydrogen (secondary N) is 1. The molecule has 1 N–H and O–H groups in total. The lowest BCUT2D eigenvalue weighted by Gasteiger charge is -2.07. The fourth-order valence-electron chi connectivity index (χ4n) is 3.65. The summed E-state index contributed by atoms with van der Waals surface area (Å²) >= 11 is 0. The lowest BCUT2D eigenvalue weighted by molar-refractivity contribution is 0.0945. The van der Waals surface area contributed by atoms with Crippen molar-refractivity contribution >= 4 is 5.91 Å². The van der Waals surface area contributed by atoms with Crippen LogP contribution in [0.4, 0.5) is 4.39 Å². The Balaban J connectivity index is 1.44. The highest BCUT2D eigenvalue weighted by Crippen LogP contribution is 2.13. The van der Waals surface area contributed by atoms with Gasteiger partial charge in [-0.1, -0.05) is 30.3 Å². The highest BCUT2D eigenvalue weighted by atomic mass is 19.1. The van der Waals surface area contributed by atoms with Gasteiger partial charge in [0, 0.05) is 31.8 Å². The van der Waals surface area contributed by atoms with Gasteiger partial charge in [-0.05, 0) is 35.7 Å². The molecule has 1 amide bonds. The van der Waals surface area contributed by atoms with E-state index in [0.29, 0.717) is 29.9 Å². The summed E-state index contributed by atoms with van der Waals surface area (Å²) in [5.74, 6) is -0.840. The summed E-state index contributed by atoms with van der Waals surface area (Å²) in [6.45, 7) is 2.82. The van der Waals surface area contributed by atoms with Crippen LogP contribution < -0.4 is 10.9 Å². The van der Waals surface area contributed by atoms with Crippen molar-refractivity contribution in [3.63, 3.8) is 0 Å². The Kier molecular flexibility index (Phi) is 7.47. The first-order valence-electron chi connectivity index (χ1n) is 11.1. The van der Waals surface area contributed by atoms with E-state index >= 15 is 0 Å². The van der Waals surface area contributed by atoms with Crippen LogP contribution in [-0.2, 0) is 31.0 Å². The monoisotopic (exact) mass is 475 g/mol. The van der Waals surface area contributed by atoms with Crippen molar-refractivity contribution in [2.24, 2.45) is 0 Å². The molecule has 0 atom stereocenters. The van der Waals surface area contributed by atoms with Gasteiger partial charge < -0.3 is 14.6 Å². The number of benzene rings is 1. The number of ether oxygens (including phenoxy) is 1. The molecular weight excluding hydrogens is 449 g/mol. The number of carbonyl (C=O) groups excluding carboxylic acids is 1. The van der Waals surface area contributed by atoms with E-state index < -0.39 is 5.82 Å². The van der Waals surface area contributed by atoms with Crippen LogP contribution in [0.1, 0.15) is 38.4 Å². The van der Waals surface area contributed by atoms with Crippen LogP contribution in [0.15, 0.2) is 71.9 Å². The van der Waals surface area contributed by atoms with Crippen molar-refractivity contribution in [3.05, 3.63) is 117 Å². The molecule has 4 rings (SSSR count). The van der Waals surface area contributed by atoms with Crippen LogP contribution in [0, 0.1) is 12.7 Å². The molecule has 3 aromatic heterocycles. The molecule has 3 heterocycles. The highest BCUT2D eigenvalue weighted by Gasteiger charge is 2.17. The van der Waals surface area contributed by atoms with Gasteiger partial charge in [-0.15, -0.1) is 0 Å². The van der Waals surface area contributed by atoms with Crippen LogP contribution >= 0.6 is 0 Å². The van der Waals surface area contributed by atoms with Gasteiger partial charge in [-0.25, -0.2) is 4.39 Å². The minimum atomic E-state index is -0.460. The molecule has 9 heteroatoms. The maximum absolute atomic E-state index is 14.1. The van der Waals surface area contributed by atoms with E-state index in [1.807, 2.05) is 30.3 Å². The van der Waals surface area contributed by atoms with Gasteiger partial charge in [-0.3, -0.25) is 19.3 Å². The van der Waals surface area contributed by atoms with E-state index in [1.54, 1.807) is 40.8 Å². The van der Waals surface area contributed by atoms with E-state index in [1.165, 1.54) is 19.2 Å². The summed E-state index contributed by atoms with van der Waals surface area (Å²) in [5, 5.41) is 7.21. The van der Waals surface area contributed by atoms with Crippen LogP contribution in [0.25, 0.3) is 0 Å². The number of carbonyl (C=O) groups is 1. The molecule has 0 bridgehead atoms. The smallest absolute Gasteiger partial charge is 0.255 e. The predicted octanol–water partition coefficient (Wildman–Crippen LogP) is 3.06. The van der Waals surface area contributed by atoms with Crippen LogP contribution in [0.3, 0.4) is 0 Å². The number of amides is 1. The lowest BCUT2D eigenvalue weighted by atomic mass is 10.1. The predicted molar refractivity (Wildman–Crippen MR) is 128 cm³/mol. The van der Waals surface area contributed by atoms with E-state index in [2.05, 4.69) is 15.4 Å². The molecule has 0 aliphatic heterocycles. The first-order valence-corrected chi connectivity index (χ1v) is 11.1. The quantitative estimate of drug-likeness (QED) is 0.402. The number of aryl methyl sites for hydroxylation is 1.